The molecule has 0 aliphatic heterocycles. The van der Waals surface area contributed by atoms with E-state index in [2.05, 4.69) is 10.6 Å². The molecule has 4 N–H and O–H groups in total. The minimum absolute atomic E-state index is 0. The number of nitrogens with two attached hydrogens (primary N) is 1. The lowest BCUT2D eigenvalue weighted by Crippen LogP contribution is -2.36. The molecule has 0 heterocycles. The first-order valence-corrected chi connectivity index (χ1v) is 9.57. The van der Waals surface area contributed by atoms with Crippen LogP contribution in [0.25, 0.3) is 0 Å². The number of hydrogen-bond acceptors (Lipinski definition) is 3. The molecule has 0 atom stereocenters. The number of nitrogens with one attached hydrogen (secondary N) is 2. The summed E-state index contributed by atoms with van der Waals surface area (Å²) in [5, 5.41) is 5.94. The van der Waals surface area contributed by atoms with Crippen LogP contribution in [0.3, 0.4) is 0 Å². The topological polar surface area (TPSA) is 84.2 Å². The van der Waals surface area contributed by atoms with Crippen molar-refractivity contribution in [3.05, 3.63) is 23.8 Å². The van der Waals surface area contributed by atoms with Crippen LogP contribution in [0.4, 0.5) is 11.4 Å². The Hall–Kier alpha value is -1.59. The van der Waals surface area contributed by atoms with E-state index in [1.54, 1.807) is 0 Å². The van der Waals surface area contributed by atoms with Crippen LogP contribution in [-0.4, -0.2) is 18.4 Å². The molecule has 1 aromatic rings. The number of benzene rings is 1. The Balaban J connectivity index is 0.00000364. The molecule has 6 heteroatoms. The van der Waals surface area contributed by atoms with Gasteiger partial charge >= 0.3 is 0 Å². The van der Waals surface area contributed by atoms with E-state index in [0.29, 0.717) is 18.7 Å². The van der Waals surface area contributed by atoms with Gasteiger partial charge in [0.15, 0.2) is 0 Å². The third-order valence-corrected chi connectivity index (χ3v) is 5.33. The number of hydrogen-bond donors (Lipinski definition) is 3. The van der Waals surface area contributed by atoms with Crippen LogP contribution >= 0.6 is 12.4 Å². The fourth-order valence-corrected chi connectivity index (χ4v) is 3.44. The van der Waals surface area contributed by atoms with Gasteiger partial charge in [-0.05, 0) is 49.4 Å². The average Bonchev–Trinajstić information content (AvgIpc) is 2.57. The summed E-state index contributed by atoms with van der Waals surface area (Å²) in [6.07, 6.45) is 6.05. The molecule has 0 aromatic heterocycles. The Bertz CT molecular complexity index is 662. The van der Waals surface area contributed by atoms with Gasteiger partial charge in [-0.2, -0.15) is 0 Å². The van der Waals surface area contributed by atoms with Crippen molar-refractivity contribution in [2.45, 2.75) is 66.2 Å². The molecular weight excluding hydrogens is 362 g/mol. The number of carbonyl (C=O) groups is 2. The van der Waals surface area contributed by atoms with Crippen LogP contribution in [0.15, 0.2) is 18.2 Å². The Morgan fingerprint density at radius 3 is 2.30 bits per heavy atom. The summed E-state index contributed by atoms with van der Waals surface area (Å²) >= 11 is 0. The summed E-state index contributed by atoms with van der Waals surface area (Å²) in [6, 6.07) is 5.59. The van der Waals surface area contributed by atoms with E-state index in [0.717, 1.165) is 36.9 Å². The normalized spacial score (nSPS) is 16.2. The summed E-state index contributed by atoms with van der Waals surface area (Å²) in [7, 11) is 0. The molecule has 1 aliphatic carbocycles. The molecule has 152 valence electrons. The van der Waals surface area contributed by atoms with Gasteiger partial charge in [-0.25, -0.2) is 0 Å². The Morgan fingerprint density at radius 1 is 1.11 bits per heavy atom. The van der Waals surface area contributed by atoms with Crippen LogP contribution in [0.2, 0.25) is 0 Å². The van der Waals surface area contributed by atoms with Crippen molar-refractivity contribution in [2.75, 3.05) is 17.2 Å². The van der Waals surface area contributed by atoms with Gasteiger partial charge < -0.3 is 16.4 Å². The van der Waals surface area contributed by atoms with E-state index in [1.807, 2.05) is 45.9 Å². The van der Waals surface area contributed by atoms with Crippen molar-refractivity contribution in [2.24, 2.45) is 16.6 Å². The minimum atomic E-state index is -0.469. The smallest absolute Gasteiger partial charge is 0.229 e. The van der Waals surface area contributed by atoms with Gasteiger partial charge in [0.05, 0.1) is 0 Å². The number of carbonyl (C=O) groups excluding carboxylic acids is 2. The molecular formula is C21H34ClN3O2. The fourth-order valence-electron chi connectivity index (χ4n) is 3.44. The van der Waals surface area contributed by atoms with Crippen LogP contribution in [0, 0.1) is 17.8 Å². The summed E-state index contributed by atoms with van der Waals surface area (Å²) in [5.41, 5.74) is 7.87. The minimum Gasteiger partial charge on any atom is -0.330 e. The van der Waals surface area contributed by atoms with E-state index in [4.69, 9.17) is 5.73 Å². The molecule has 0 unspecified atom stereocenters. The fraction of sp³-hybridized carbons (Fsp3) is 0.619. The Morgan fingerprint density at radius 2 is 1.74 bits per heavy atom. The quantitative estimate of drug-likeness (QED) is 0.678. The lowest BCUT2D eigenvalue weighted by atomic mass is 9.71. The first-order chi connectivity index (χ1) is 12.1. The Kier molecular flexibility index (Phi) is 8.30. The zero-order valence-electron chi connectivity index (χ0n) is 17.0. The number of rotatable bonds is 5. The van der Waals surface area contributed by atoms with Crippen LogP contribution < -0.4 is 16.4 Å². The molecule has 0 radical (unpaired) electrons. The maximum atomic E-state index is 12.6. The molecule has 2 rings (SSSR count). The zero-order valence-corrected chi connectivity index (χ0v) is 17.8. The first-order valence-electron chi connectivity index (χ1n) is 9.57. The van der Waals surface area contributed by atoms with Crippen LogP contribution in [0.5, 0.6) is 0 Å². The largest absolute Gasteiger partial charge is 0.330 e. The zero-order chi connectivity index (χ0) is 19.4. The molecule has 0 saturated heterocycles. The third-order valence-electron chi connectivity index (χ3n) is 5.33. The molecule has 1 aromatic carbocycles. The molecule has 0 spiro atoms. The molecule has 27 heavy (non-hydrogen) atoms. The molecule has 1 fully saturated rings. The highest BCUT2D eigenvalue weighted by atomic mass is 35.5. The highest BCUT2D eigenvalue weighted by Crippen LogP contribution is 2.38. The van der Waals surface area contributed by atoms with Crippen molar-refractivity contribution in [1.29, 1.82) is 0 Å². The predicted octanol–water partition coefficient (Wildman–Crippen LogP) is 4.64. The molecule has 1 aliphatic rings. The van der Waals surface area contributed by atoms with Crippen molar-refractivity contribution in [3.8, 4) is 0 Å². The van der Waals surface area contributed by atoms with Gasteiger partial charge in [0.1, 0.15) is 0 Å². The van der Waals surface area contributed by atoms with E-state index in [9.17, 15) is 9.59 Å². The Labute approximate surface area is 169 Å². The molecule has 0 bridgehead atoms. The van der Waals surface area contributed by atoms with E-state index in [-0.39, 0.29) is 29.6 Å². The summed E-state index contributed by atoms with van der Waals surface area (Å²) in [5.74, 6) is -0.0531. The average molecular weight is 396 g/mol. The maximum absolute atomic E-state index is 12.6. The summed E-state index contributed by atoms with van der Waals surface area (Å²) in [6.45, 7) is 8.12. The number of anilines is 2. The lowest BCUT2D eigenvalue weighted by Gasteiger charge is -2.35. The van der Waals surface area contributed by atoms with Gasteiger partial charge in [0.2, 0.25) is 11.8 Å². The second kappa shape index (κ2) is 9.56. The monoisotopic (exact) mass is 395 g/mol. The van der Waals surface area contributed by atoms with Gasteiger partial charge in [-0.3, -0.25) is 9.59 Å². The first kappa shape index (κ1) is 23.4. The molecule has 1 saturated carbocycles. The molecule has 5 nitrogen and oxygen atoms in total. The number of amides is 2. The predicted molar refractivity (Wildman–Crippen MR) is 114 cm³/mol. The van der Waals surface area contributed by atoms with Crippen LogP contribution in [0.1, 0.15) is 64.9 Å². The van der Waals surface area contributed by atoms with Crippen molar-refractivity contribution < 1.29 is 9.59 Å². The van der Waals surface area contributed by atoms with Crippen molar-refractivity contribution in [1.82, 2.24) is 0 Å². The third kappa shape index (κ3) is 6.51. The highest BCUT2D eigenvalue weighted by Gasteiger charge is 2.33. The van der Waals surface area contributed by atoms with Gasteiger partial charge in [0, 0.05) is 23.2 Å². The van der Waals surface area contributed by atoms with E-state index in [1.165, 1.54) is 6.42 Å². The maximum Gasteiger partial charge on any atom is 0.229 e. The second-order valence-electron chi connectivity index (χ2n) is 8.72. The SMILES string of the molecule is Cc1ccc(NC(=O)C(C)(C)C)cc1NC(=O)CC1(CN)CCCCC1.Cl. The summed E-state index contributed by atoms with van der Waals surface area (Å²) < 4.78 is 0. The van der Waals surface area contributed by atoms with Gasteiger partial charge in [-0.1, -0.05) is 46.1 Å². The van der Waals surface area contributed by atoms with Crippen LogP contribution in [-0.2, 0) is 9.59 Å². The highest BCUT2D eigenvalue weighted by molar-refractivity contribution is 5.96. The number of halogens is 1. The van der Waals surface area contributed by atoms with Gasteiger partial charge in [0.25, 0.3) is 0 Å². The van der Waals surface area contributed by atoms with Crippen molar-refractivity contribution >= 4 is 35.6 Å². The second-order valence-corrected chi connectivity index (χ2v) is 8.72. The number of aryl methyl sites for hydroxylation is 1. The van der Waals surface area contributed by atoms with Crippen molar-refractivity contribution in [3.63, 3.8) is 0 Å². The van der Waals surface area contributed by atoms with E-state index < -0.39 is 5.41 Å². The van der Waals surface area contributed by atoms with Gasteiger partial charge in [-0.15, -0.1) is 12.4 Å². The van der Waals surface area contributed by atoms with E-state index >= 15 is 0 Å². The lowest BCUT2D eigenvalue weighted by molar-refractivity contribution is -0.123. The standard InChI is InChI=1S/C21H33N3O2.ClH/c1-15-8-9-16(23-19(26)20(2,3)4)12-17(15)24-18(25)13-21(14-22)10-6-5-7-11-21;/h8-9,12H,5-7,10-11,13-14,22H2,1-4H3,(H,23,26)(H,24,25);1H. The summed E-state index contributed by atoms with van der Waals surface area (Å²) in [4.78, 5) is 24.8. The molecule has 2 amide bonds.